The van der Waals surface area contributed by atoms with Crippen LogP contribution in [-0.2, 0) is 6.54 Å². The lowest BCUT2D eigenvalue weighted by atomic mass is 10.1. The van der Waals surface area contributed by atoms with E-state index in [1.807, 2.05) is 59.2 Å². The maximum Gasteiger partial charge on any atom is 0.273 e. The van der Waals surface area contributed by atoms with Crippen LogP contribution in [0.4, 0.5) is 0 Å². The molecule has 0 radical (unpaired) electrons. The number of hydrogen-bond donors (Lipinski definition) is 0. The van der Waals surface area contributed by atoms with Crippen molar-refractivity contribution in [2.45, 2.75) is 32.4 Å². The molecule has 5 nitrogen and oxygen atoms in total. The Morgan fingerprint density at radius 1 is 1.29 bits per heavy atom. The number of amides is 1. The standard InChI is InChI=1S/C19H20N4O/c1-14-11-21-22(12-14)13-16-6-4-10-23(16)19(24)18-17-7-3-2-5-15(17)8-9-20-18/h2-3,5,7-9,11-12,16H,4,6,10,13H2,1H3/t16-/m0/s1. The second-order valence-corrected chi connectivity index (χ2v) is 6.42. The number of aromatic nitrogens is 3. The normalized spacial score (nSPS) is 17.5. The monoisotopic (exact) mass is 320 g/mol. The number of carbonyl (C=O) groups is 1. The van der Waals surface area contributed by atoms with Gasteiger partial charge in [0.1, 0.15) is 5.69 Å². The van der Waals surface area contributed by atoms with Gasteiger partial charge in [0.25, 0.3) is 5.91 Å². The van der Waals surface area contributed by atoms with E-state index in [0.29, 0.717) is 5.69 Å². The van der Waals surface area contributed by atoms with Crippen LogP contribution in [0.5, 0.6) is 0 Å². The zero-order valence-corrected chi connectivity index (χ0v) is 13.7. The lowest BCUT2D eigenvalue weighted by Gasteiger charge is -2.24. The first-order chi connectivity index (χ1) is 11.7. The summed E-state index contributed by atoms with van der Waals surface area (Å²) in [5.41, 5.74) is 1.69. The van der Waals surface area contributed by atoms with E-state index in [1.165, 1.54) is 0 Å². The number of hydrogen-bond acceptors (Lipinski definition) is 3. The molecule has 1 aliphatic heterocycles. The predicted octanol–water partition coefficient (Wildman–Crippen LogP) is 3.04. The summed E-state index contributed by atoms with van der Waals surface area (Å²) in [6, 6.07) is 10.0. The van der Waals surface area contributed by atoms with E-state index in [4.69, 9.17) is 0 Å². The lowest BCUT2D eigenvalue weighted by molar-refractivity contribution is 0.0718. The molecule has 24 heavy (non-hydrogen) atoms. The number of nitrogens with zero attached hydrogens (tertiary/aromatic N) is 4. The SMILES string of the molecule is Cc1cnn(C[C@@H]2CCCN2C(=O)c2nccc3ccccc23)c1. The number of likely N-dealkylation sites (tertiary alicyclic amines) is 1. The molecular weight excluding hydrogens is 300 g/mol. The first kappa shape index (κ1) is 14.9. The molecule has 122 valence electrons. The van der Waals surface area contributed by atoms with Gasteiger partial charge in [-0.2, -0.15) is 5.10 Å². The highest BCUT2D eigenvalue weighted by molar-refractivity contribution is 6.05. The molecule has 0 saturated carbocycles. The molecule has 0 bridgehead atoms. The maximum atomic E-state index is 13.1. The van der Waals surface area contributed by atoms with Gasteiger partial charge in [0.15, 0.2) is 0 Å². The van der Waals surface area contributed by atoms with E-state index in [2.05, 4.69) is 10.1 Å². The van der Waals surface area contributed by atoms with Crippen molar-refractivity contribution in [3.8, 4) is 0 Å². The van der Waals surface area contributed by atoms with Crippen LogP contribution in [0, 0.1) is 6.92 Å². The van der Waals surface area contributed by atoms with Crippen molar-refractivity contribution < 1.29 is 4.79 Å². The molecule has 1 aliphatic rings. The fourth-order valence-corrected chi connectivity index (χ4v) is 3.50. The fraction of sp³-hybridized carbons (Fsp3) is 0.316. The van der Waals surface area contributed by atoms with Crippen molar-refractivity contribution in [1.29, 1.82) is 0 Å². The largest absolute Gasteiger partial charge is 0.332 e. The van der Waals surface area contributed by atoms with Crippen LogP contribution in [0.2, 0.25) is 0 Å². The molecule has 1 atom stereocenters. The van der Waals surface area contributed by atoms with Crippen molar-refractivity contribution in [3.63, 3.8) is 0 Å². The molecule has 4 rings (SSSR count). The number of fused-ring (bicyclic) bond motifs is 1. The smallest absolute Gasteiger partial charge is 0.273 e. The molecule has 0 aliphatic carbocycles. The van der Waals surface area contributed by atoms with Crippen molar-refractivity contribution >= 4 is 16.7 Å². The molecule has 1 fully saturated rings. The van der Waals surface area contributed by atoms with Crippen LogP contribution >= 0.6 is 0 Å². The van der Waals surface area contributed by atoms with Crippen LogP contribution in [0.3, 0.4) is 0 Å². The minimum atomic E-state index is 0.0261. The zero-order valence-electron chi connectivity index (χ0n) is 13.7. The van der Waals surface area contributed by atoms with Crippen LogP contribution in [0.15, 0.2) is 48.9 Å². The number of pyridine rings is 1. The minimum Gasteiger partial charge on any atom is -0.332 e. The summed E-state index contributed by atoms with van der Waals surface area (Å²) in [5.74, 6) is 0.0261. The van der Waals surface area contributed by atoms with Crippen molar-refractivity contribution in [2.75, 3.05) is 6.54 Å². The zero-order chi connectivity index (χ0) is 16.5. The Morgan fingerprint density at radius 3 is 3.00 bits per heavy atom. The molecule has 5 heteroatoms. The molecule has 0 unspecified atom stereocenters. The number of carbonyl (C=O) groups excluding carboxylic acids is 1. The highest BCUT2D eigenvalue weighted by atomic mass is 16.2. The van der Waals surface area contributed by atoms with Gasteiger partial charge in [-0.15, -0.1) is 0 Å². The van der Waals surface area contributed by atoms with Gasteiger partial charge in [-0.25, -0.2) is 0 Å². The third-order valence-corrected chi connectivity index (χ3v) is 4.67. The van der Waals surface area contributed by atoms with Crippen molar-refractivity contribution in [2.24, 2.45) is 0 Å². The highest BCUT2D eigenvalue weighted by Crippen LogP contribution is 2.24. The molecular formula is C19H20N4O. The van der Waals surface area contributed by atoms with E-state index >= 15 is 0 Å². The number of rotatable bonds is 3. The quantitative estimate of drug-likeness (QED) is 0.745. The number of benzene rings is 1. The summed E-state index contributed by atoms with van der Waals surface area (Å²) in [4.78, 5) is 19.4. The molecule has 1 saturated heterocycles. The van der Waals surface area contributed by atoms with Gasteiger partial charge in [-0.1, -0.05) is 24.3 Å². The minimum absolute atomic E-state index is 0.0261. The Balaban J connectivity index is 1.62. The lowest BCUT2D eigenvalue weighted by Crippen LogP contribution is -2.38. The molecule has 3 heterocycles. The average Bonchev–Trinajstić information content (AvgIpc) is 3.23. The maximum absolute atomic E-state index is 13.1. The fourth-order valence-electron chi connectivity index (χ4n) is 3.50. The molecule has 0 N–H and O–H groups in total. The van der Waals surface area contributed by atoms with Crippen molar-refractivity contribution in [3.05, 3.63) is 60.2 Å². The molecule has 3 aromatic rings. The Hall–Kier alpha value is -2.69. The molecule has 1 aromatic carbocycles. The van der Waals surface area contributed by atoms with E-state index in [1.54, 1.807) is 6.20 Å². The van der Waals surface area contributed by atoms with Crippen molar-refractivity contribution in [1.82, 2.24) is 19.7 Å². The van der Waals surface area contributed by atoms with Gasteiger partial charge in [0, 0.05) is 24.3 Å². The second kappa shape index (κ2) is 6.07. The predicted molar refractivity (Wildman–Crippen MR) is 92.8 cm³/mol. The first-order valence-corrected chi connectivity index (χ1v) is 8.36. The Labute approximate surface area is 140 Å². The van der Waals surface area contributed by atoms with E-state index < -0.39 is 0 Å². The van der Waals surface area contributed by atoms with E-state index in [-0.39, 0.29) is 11.9 Å². The van der Waals surface area contributed by atoms with Gasteiger partial charge in [0.2, 0.25) is 0 Å². The van der Waals surface area contributed by atoms with Gasteiger partial charge in [-0.05, 0) is 36.8 Å². The Morgan fingerprint density at radius 2 is 2.17 bits per heavy atom. The Kier molecular flexibility index (Phi) is 3.76. The molecule has 0 spiro atoms. The summed E-state index contributed by atoms with van der Waals surface area (Å²) in [6.45, 7) is 3.56. The van der Waals surface area contributed by atoms with Gasteiger partial charge in [0.05, 0.1) is 18.8 Å². The van der Waals surface area contributed by atoms with Gasteiger partial charge < -0.3 is 4.90 Å². The average molecular weight is 320 g/mol. The third-order valence-electron chi connectivity index (χ3n) is 4.67. The van der Waals surface area contributed by atoms with Crippen LogP contribution < -0.4 is 0 Å². The van der Waals surface area contributed by atoms with E-state index in [0.717, 1.165) is 42.3 Å². The third kappa shape index (κ3) is 2.66. The van der Waals surface area contributed by atoms with Gasteiger partial charge in [-0.3, -0.25) is 14.5 Å². The van der Waals surface area contributed by atoms with Crippen LogP contribution in [0.1, 0.15) is 28.9 Å². The molecule has 2 aromatic heterocycles. The molecule has 1 amide bonds. The second-order valence-electron chi connectivity index (χ2n) is 6.42. The number of aryl methyl sites for hydroxylation is 1. The Bertz CT molecular complexity index is 880. The summed E-state index contributed by atoms with van der Waals surface area (Å²) in [7, 11) is 0. The summed E-state index contributed by atoms with van der Waals surface area (Å²) in [5, 5.41) is 6.33. The topological polar surface area (TPSA) is 51.0 Å². The van der Waals surface area contributed by atoms with Crippen LogP contribution in [0.25, 0.3) is 10.8 Å². The summed E-state index contributed by atoms with van der Waals surface area (Å²) in [6.07, 6.45) is 7.64. The summed E-state index contributed by atoms with van der Waals surface area (Å²) >= 11 is 0. The van der Waals surface area contributed by atoms with Crippen LogP contribution in [-0.4, -0.2) is 38.2 Å². The first-order valence-electron chi connectivity index (χ1n) is 8.36. The van der Waals surface area contributed by atoms with E-state index in [9.17, 15) is 4.79 Å². The summed E-state index contributed by atoms with van der Waals surface area (Å²) < 4.78 is 1.93. The highest BCUT2D eigenvalue weighted by Gasteiger charge is 2.31. The van der Waals surface area contributed by atoms with Gasteiger partial charge >= 0.3 is 0 Å².